The highest BCUT2D eigenvalue weighted by molar-refractivity contribution is 6.23. The van der Waals surface area contributed by atoms with Crippen molar-refractivity contribution in [1.82, 2.24) is 0 Å². The van der Waals surface area contributed by atoms with Gasteiger partial charge >= 0.3 is 5.97 Å². The molecule has 2 amide bonds. The van der Waals surface area contributed by atoms with Gasteiger partial charge in [-0.25, -0.2) is 4.90 Å². The van der Waals surface area contributed by atoms with Crippen LogP contribution in [0.3, 0.4) is 0 Å². The summed E-state index contributed by atoms with van der Waals surface area (Å²) in [7, 11) is 0. The minimum absolute atomic E-state index is 0.164. The molecule has 1 heterocycles. The fourth-order valence-corrected chi connectivity index (χ4v) is 4.02. The number of amides is 2. The van der Waals surface area contributed by atoms with Crippen molar-refractivity contribution in [3.63, 3.8) is 0 Å². The van der Waals surface area contributed by atoms with Crippen molar-refractivity contribution in [3.05, 3.63) is 36.4 Å². The Morgan fingerprint density at radius 3 is 2.27 bits per heavy atom. The fraction of sp³-hybridized carbons (Fsp3) is 0.353. The molecule has 1 saturated carbocycles. The first-order chi connectivity index (χ1) is 10.6. The van der Waals surface area contributed by atoms with Crippen LogP contribution in [0.5, 0.6) is 5.75 Å². The highest BCUT2D eigenvalue weighted by Gasteiger charge is 2.59. The van der Waals surface area contributed by atoms with E-state index in [-0.39, 0.29) is 41.2 Å². The number of benzene rings is 1. The van der Waals surface area contributed by atoms with E-state index in [9.17, 15) is 14.4 Å². The number of hydrogen-bond donors (Lipinski definition) is 0. The van der Waals surface area contributed by atoms with Gasteiger partial charge in [-0.15, -0.1) is 0 Å². The zero-order chi connectivity index (χ0) is 15.4. The Kier molecular flexibility index (Phi) is 2.73. The molecule has 0 unspecified atom stereocenters. The van der Waals surface area contributed by atoms with Gasteiger partial charge in [0.2, 0.25) is 11.8 Å². The average Bonchev–Trinajstić information content (AvgIpc) is 3.14. The van der Waals surface area contributed by atoms with Gasteiger partial charge in [-0.2, -0.15) is 0 Å². The summed E-state index contributed by atoms with van der Waals surface area (Å²) in [5.41, 5.74) is 0.363. The van der Waals surface area contributed by atoms with Gasteiger partial charge in [0.15, 0.2) is 5.75 Å². The van der Waals surface area contributed by atoms with E-state index in [4.69, 9.17) is 4.74 Å². The lowest BCUT2D eigenvalue weighted by Gasteiger charge is -2.19. The first-order valence-corrected chi connectivity index (χ1v) is 7.41. The van der Waals surface area contributed by atoms with Crippen LogP contribution < -0.4 is 9.64 Å². The molecule has 4 atom stereocenters. The van der Waals surface area contributed by atoms with Crippen LogP contribution in [0.2, 0.25) is 0 Å². The predicted molar refractivity (Wildman–Crippen MR) is 78.0 cm³/mol. The van der Waals surface area contributed by atoms with Crippen molar-refractivity contribution in [2.75, 3.05) is 4.90 Å². The third-order valence-corrected chi connectivity index (χ3v) is 4.83. The van der Waals surface area contributed by atoms with Crippen LogP contribution in [-0.2, 0) is 14.4 Å². The van der Waals surface area contributed by atoms with Crippen molar-refractivity contribution in [2.24, 2.45) is 23.7 Å². The van der Waals surface area contributed by atoms with Crippen LogP contribution in [0.4, 0.5) is 5.69 Å². The summed E-state index contributed by atoms with van der Waals surface area (Å²) in [5, 5.41) is 0. The molecule has 1 aliphatic heterocycles. The fourth-order valence-electron chi connectivity index (χ4n) is 4.02. The maximum Gasteiger partial charge on any atom is 0.308 e. The molecule has 0 aromatic heterocycles. The number of ether oxygens (including phenoxy) is 1. The van der Waals surface area contributed by atoms with E-state index in [2.05, 4.69) is 12.2 Å². The summed E-state index contributed by atoms with van der Waals surface area (Å²) in [6.45, 7) is 1.29. The second-order valence-electron chi connectivity index (χ2n) is 6.07. The van der Waals surface area contributed by atoms with E-state index in [1.807, 2.05) is 0 Å². The first kappa shape index (κ1) is 13.2. The Morgan fingerprint density at radius 1 is 1.09 bits per heavy atom. The Morgan fingerprint density at radius 2 is 1.68 bits per heavy atom. The topological polar surface area (TPSA) is 63.7 Å². The minimum Gasteiger partial charge on any atom is -0.424 e. The van der Waals surface area contributed by atoms with Gasteiger partial charge < -0.3 is 4.74 Å². The average molecular weight is 297 g/mol. The zero-order valence-corrected chi connectivity index (χ0v) is 12.1. The van der Waals surface area contributed by atoms with Crippen LogP contribution in [0.25, 0.3) is 0 Å². The molecule has 0 N–H and O–H groups in total. The van der Waals surface area contributed by atoms with Gasteiger partial charge in [0.1, 0.15) is 0 Å². The molecule has 2 bridgehead atoms. The van der Waals surface area contributed by atoms with Gasteiger partial charge in [-0.3, -0.25) is 14.4 Å². The van der Waals surface area contributed by atoms with Gasteiger partial charge in [0.25, 0.3) is 0 Å². The summed E-state index contributed by atoms with van der Waals surface area (Å²) in [4.78, 5) is 38.0. The molecule has 22 heavy (non-hydrogen) atoms. The van der Waals surface area contributed by atoms with Gasteiger partial charge in [-0.1, -0.05) is 24.3 Å². The van der Waals surface area contributed by atoms with Gasteiger partial charge in [-0.05, 0) is 30.4 Å². The summed E-state index contributed by atoms with van der Waals surface area (Å²) >= 11 is 0. The number of carbonyl (C=O) groups is 3. The maximum absolute atomic E-state index is 12.8. The summed E-state index contributed by atoms with van der Waals surface area (Å²) in [5.74, 6) is -0.765. The number of fused-ring (bicyclic) bond motifs is 5. The van der Waals surface area contributed by atoms with Crippen molar-refractivity contribution >= 4 is 23.5 Å². The van der Waals surface area contributed by atoms with Gasteiger partial charge in [0, 0.05) is 6.92 Å². The molecule has 5 nitrogen and oxygen atoms in total. The lowest BCUT2D eigenvalue weighted by atomic mass is 9.85. The highest BCUT2D eigenvalue weighted by atomic mass is 16.5. The molecular formula is C17H15NO4. The van der Waals surface area contributed by atoms with Crippen LogP contribution >= 0.6 is 0 Å². The largest absolute Gasteiger partial charge is 0.424 e. The second kappa shape index (κ2) is 4.53. The van der Waals surface area contributed by atoms with Crippen LogP contribution in [-0.4, -0.2) is 17.8 Å². The molecule has 2 fully saturated rings. The monoisotopic (exact) mass is 297 g/mol. The molecule has 3 aliphatic rings. The number of rotatable bonds is 2. The first-order valence-electron chi connectivity index (χ1n) is 7.41. The second-order valence-corrected chi connectivity index (χ2v) is 6.07. The number of nitrogens with zero attached hydrogens (tertiary/aromatic N) is 1. The number of para-hydroxylation sites is 2. The van der Waals surface area contributed by atoms with Crippen molar-refractivity contribution in [2.45, 2.75) is 13.3 Å². The SMILES string of the molecule is CC(=O)Oc1ccccc1N1C(=O)[C@@H]2[C@@H](C1=O)[C@H]1C=C[C@H]2C1. The standard InChI is InChI=1S/C17H15NO4/c1-9(19)22-13-5-3-2-4-12(13)18-16(20)14-10-6-7-11(8-10)15(14)17(18)21/h2-7,10-11,14-15H,8H2,1H3/t10-,11-,14-,15-/m0/s1. The maximum atomic E-state index is 12.8. The molecule has 2 aliphatic carbocycles. The summed E-state index contributed by atoms with van der Waals surface area (Å²) in [6, 6.07) is 6.67. The van der Waals surface area contributed by atoms with Crippen molar-refractivity contribution in [3.8, 4) is 5.75 Å². The predicted octanol–water partition coefficient (Wildman–Crippen LogP) is 1.92. The van der Waals surface area contributed by atoms with Crippen molar-refractivity contribution < 1.29 is 19.1 Å². The number of allylic oxidation sites excluding steroid dienone is 2. The molecule has 5 heteroatoms. The van der Waals surface area contributed by atoms with Crippen LogP contribution in [0.15, 0.2) is 36.4 Å². The van der Waals surface area contributed by atoms with Crippen molar-refractivity contribution in [1.29, 1.82) is 0 Å². The molecular weight excluding hydrogens is 282 g/mol. The van der Waals surface area contributed by atoms with E-state index < -0.39 is 5.97 Å². The van der Waals surface area contributed by atoms with Crippen LogP contribution in [0, 0.1) is 23.7 Å². The number of imide groups is 1. The minimum atomic E-state index is -0.478. The molecule has 4 rings (SSSR count). The van der Waals surface area contributed by atoms with Gasteiger partial charge in [0.05, 0.1) is 17.5 Å². The molecule has 112 valence electrons. The van der Waals surface area contributed by atoms with E-state index in [0.29, 0.717) is 5.69 Å². The Bertz CT molecular complexity index is 693. The molecule has 1 saturated heterocycles. The smallest absolute Gasteiger partial charge is 0.308 e. The lowest BCUT2D eigenvalue weighted by molar-refractivity contribution is -0.132. The van der Waals surface area contributed by atoms with E-state index >= 15 is 0 Å². The molecule has 0 spiro atoms. The molecule has 0 radical (unpaired) electrons. The zero-order valence-electron chi connectivity index (χ0n) is 12.1. The van der Waals surface area contributed by atoms with Crippen LogP contribution in [0.1, 0.15) is 13.3 Å². The Labute approximate surface area is 127 Å². The number of hydrogen-bond acceptors (Lipinski definition) is 4. The molecule has 1 aromatic rings. The Hall–Kier alpha value is -2.43. The Balaban J connectivity index is 1.74. The molecule has 1 aromatic carbocycles. The normalized spacial score (nSPS) is 31.8. The number of anilines is 1. The summed E-state index contributed by atoms with van der Waals surface area (Å²) < 4.78 is 5.15. The quantitative estimate of drug-likeness (QED) is 0.362. The highest BCUT2D eigenvalue weighted by Crippen LogP contribution is 2.53. The number of esters is 1. The summed E-state index contributed by atoms with van der Waals surface area (Å²) in [6.07, 6.45) is 5.00. The third-order valence-electron chi connectivity index (χ3n) is 4.83. The lowest BCUT2D eigenvalue weighted by Crippen LogP contribution is -2.33. The van der Waals surface area contributed by atoms with E-state index in [0.717, 1.165) is 6.42 Å². The third kappa shape index (κ3) is 1.68. The van der Waals surface area contributed by atoms with E-state index in [1.165, 1.54) is 11.8 Å². The number of carbonyl (C=O) groups excluding carboxylic acids is 3. The van der Waals surface area contributed by atoms with E-state index in [1.54, 1.807) is 24.3 Å².